The Balaban J connectivity index is 2.22. The van der Waals surface area contributed by atoms with Crippen LogP contribution in [0.15, 0.2) is 45.4 Å². The van der Waals surface area contributed by atoms with Gasteiger partial charge in [-0.15, -0.1) is 0 Å². The van der Waals surface area contributed by atoms with Crippen LogP contribution in [0, 0.1) is 6.92 Å². The van der Waals surface area contributed by atoms with Crippen LogP contribution in [-0.2, 0) is 0 Å². The van der Waals surface area contributed by atoms with Crippen LogP contribution in [0.25, 0.3) is 22.7 Å². The van der Waals surface area contributed by atoms with E-state index in [1.165, 1.54) is 0 Å². The first kappa shape index (κ1) is 10.5. The monoisotopic (exact) mass is 288 g/mol. The third kappa shape index (κ3) is 1.85. The van der Waals surface area contributed by atoms with Gasteiger partial charge in [0.15, 0.2) is 0 Å². The van der Waals surface area contributed by atoms with Gasteiger partial charge in [-0.25, -0.2) is 9.97 Å². The molecule has 0 saturated heterocycles. The largest absolute Gasteiger partial charge is 0.418 e. The molecule has 17 heavy (non-hydrogen) atoms. The van der Waals surface area contributed by atoms with Gasteiger partial charge in [0.05, 0.1) is 5.56 Å². The Kier molecular flexibility index (Phi) is 2.44. The summed E-state index contributed by atoms with van der Waals surface area (Å²) in [6.45, 7) is 1.99. The zero-order valence-corrected chi connectivity index (χ0v) is 10.7. The fourth-order valence-corrected chi connectivity index (χ4v) is 2.13. The van der Waals surface area contributed by atoms with Gasteiger partial charge >= 0.3 is 0 Å². The minimum absolute atomic E-state index is 0.571. The predicted octanol–water partition coefficient (Wildman–Crippen LogP) is 3.96. The van der Waals surface area contributed by atoms with Crippen molar-refractivity contribution in [3.63, 3.8) is 0 Å². The van der Waals surface area contributed by atoms with Crippen LogP contribution >= 0.6 is 15.9 Å². The number of rotatable bonds is 1. The second kappa shape index (κ2) is 3.96. The van der Waals surface area contributed by atoms with Crippen molar-refractivity contribution in [1.82, 2.24) is 9.97 Å². The second-order valence-electron chi connectivity index (χ2n) is 3.84. The number of hydrogen-bond acceptors (Lipinski definition) is 3. The highest BCUT2D eigenvalue weighted by atomic mass is 79.9. The van der Waals surface area contributed by atoms with Crippen LogP contribution in [0.3, 0.4) is 0 Å². The van der Waals surface area contributed by atoms with Crippen molar-refractivity contribution in [3.8, 4) is 11.5 Å². The lowest BCUT2D eigenvalue weighted by molar-refractivity contribution is 0.607. The highest BCUT2D eigenvalue weighted by molar-refractivity contribution is 9.10. The Hall–Kier alpha value is -1.68. The summed E-state index contributed by atoms with van der Waals surface area (Å²) >= 11 is 3.48. The minimum atomic E-state index is 0.571. The van der Waals surface area contributed by atoms with Crippen molar-refractivity contribution >= 4 is 27.2 Å². The number of hydrogen-bond donors (Lipinski definition) is 0. The topological polar surface area (TPSA) is 38.9 Å². The Morgan fingerprint density at radius 3 is 2.88 bits per heavy atom. The molecule has 0 spiro atoms. The van der Waals surface area contributed by atoms with Crippen molar-refractivity contribution in [3.05, 3.63) is 46.6 Å². The maximum Gasteiger partial charge on any atom is 0.247 e. The standard InChI is InChI=1S/C13H9BrN2O/c1-8-6-11-13(15-7-8)17-12(16-11)9-4-2-3-5-10(9)14/h2-7H,1H3. The Morgan fingerprint density at radius 1 is 1.24 bits per heavy atom. The number of fused-ring (bicyclic) bond motifs is 1. The van der Waals surface area contributed by atoms with Crippen molar-refractivity contribution in [1.29, 1.82) is 0 Å². The third-order valence-corrected chi connectivity index (χ3v) is 3.18. The summed E-state index contributed by atoms with van der Waals surface area (Å²) in [6.07, 6.45) is 1.78. The maximum absolute atomic E-state index is 5.64. The van der Waals surface area contributed by atoms with Gasteiger partial charge < -0.3 is 4.42 Å². The lowest BCUT2D eigenvalue weighted by atomic mass is 10.2. The molecular weight excluding hydrogens is 280 g/mol. The molecule has 0 aliphatic rings. The van der Waals surface area contributed by atoms with Gasteiger partial charge in [0, 0.05) is 10.7 Å². The highest BCUT2D eigenvalue weighted by Gasteiger charge is 2.11. The van der Waals surface area contributed by atoms with E-state index in [0.717, 1.165) is 21.1 Å². The molecule has 2 aromatic heterocycles. The smallest absolute Gasteiger partial charge is 0.247 e. The maximum atomic E-state index is 5.64. The molecule has 84 valence electrons. The van der Waals surface area contributed by atoms with E-state index in [9.17, 15) is 0 Å². The average molecular weight is 289 g/mol. The molecule has 3 nitrogen and oxygen atoms in total. The van der Waals surface area contributed by atoms with Crippen molar-refractivity contribution in [2.45, 2.75) is 6.92 Å². The molecule has 3 aromatic rings. The van der Waals surface area contributed by atoms with Gasteiger partial charge in [-0.3, -0.25) is 0 Å². The van der Waals surface area contributed by atoms with Gasteiger partial charge in [0.1, 0.15) is 5.52 Å². The van der Waals surface area contributed by atoms with Gasteiger partial charge in [-0.1, -0.05) is 12.1 Å². The molecule has 0 radical (unpaired) electrons. The number of nitrogens with zero attached hydrogens (tertiary/aromatic N) is 2. The quantitative estimate of drug-likeness (QED) is 0.680. The third-order valence-electron chi connectivity index (χ3n) is 2.49. The normalized spacial score (nSPS) is 10.9. The fourth-order valence-electron chi connectivity index (χ4n) is 1.67. The number of oxazole rings is 1. The van der Waals surface area contributed by atoms with Gasteiger partial charge in [-0.05, 0) is 46.6 Å². The summed E-state index contributed by atoms with van der Waals surface area (Å²) in [5.41, 5.74) is 3.37. The molecule has 0 bridgehead atoms. The van der Waals surface area contributed by atoms with Crippen molar-refractivity contribution in [2.24, 2.45) is 0 Å². The summed E-state index contributed by atoms with van der Waals surface area (Å²) < 4.78 is 6.60. The van der Waals surface area contributed by atoms with Crippen LogP contribution in [0.4, 0.5) is 0 Å². The molecule has 0 amide bonds. The van der Waals surface area contributed by atoms with E-state index < -0.39 is 0 Å². The Labute approximate surface area is 107 Å². The van der Waals surface area contributed by atoms with E-state index in [-0.39, 0.29) is 0 Å². The number of pyridine rings is 1. The van der Waals surface area contributed by atoms with Crippen LogP contribution in [0.1, 0.15) is 5.56 Å². The van der Waals surface area contributed by atoms with Crippen LogP contribution in [0.5, 0.6) is 0 Å². The number of halogens is 1. The molecule has 0 unspecified atom stereocenters. The number of aryl methyl sites for hydroxylation is 1. The molecule has 1 aromatic carbocycles. The summed E-state index contributed by atoms with van der Waals surface area (Å²) in [5.74, 6) is 0.588. The van der Waals surface area contributed by atoms with Crippen LogP contribution in [0.2, 0.25) is 0 Å². The fraction of sp³-hybridized carbons (Fsp3) is 0.0769. The first-order valence-electron chi connectivity index (χ1n) is 5.22. The van der Waals surface area contributed by atoms with E-state index in [1.54, 1.807) is 6.20 Å². The SMILES string of the molecule is Cc1cnc2oc(-c3ccccc3Br)nc2c1. The summed E-state index contributed by atoms with van der Waals surface area (Å²) in [4.78, 5) is 8.66. The predicted molar refractivity (Wildman–Crippen MR) is 69.7 cm³/mol. The Morgan fingerprint density at radius 2 is 2.06 bits per heavy atom. The van der Waals surface area contributed by atoms with E-state index in [1.807, 2.05) is 37.3 Å². The van der Waals surface area contributed by atoms with Gasteiger partial charge in [0.2, 0.25) is 11.6 Å². The first-order valence-corrected chi connectivity index (χ1v) is 6.01. The summed E-state index contributed by atoms with van der Waals surface area (Å²) in [7, 11) is 0. The van der Waals surface area contributed by atoms with Crippen LogP contribution < -0.4 is 0 Å². The number of aromatic nitrogens is 2. The first-order chi connectivity index (χ1) is 8.24. The molecule has 0 fully saturated rings. The second-order valence-corrected chi connectivity index (χ2v) is 4.69. The van der Waals surface area contributed by atoms with Crippen molar-refractivity contribution in [2.75, 3.05) is 0 Å². The number of benzene rings is 1. The molecule has 0 N–H and O–H groups in total. The average Bonchev–Trinajstić information content (AvgIpc) is 2.72. The summed E-state index contributed by atoms with van der Waals surface area (Å²) in [5, 5.41) is 0. The molecule has 0 aliphatic heterocycles. The highest BCUT2D eigenvalue weighted by Crippen LogP contribution is 2.29. The zero-order chi connectivity index (χ0) is 11.8. The molecule has 0 saturated carbocycles. The lowest BCUT2D eigenvalue weighted by Gasteiger charge is -1.96. The zero-order valence-electron chi connectivity index (χ0n) is 9.14. The molecule has 0 atom stereocenters. The van der Waals surface area contributed by atoms with E-state index in [0.29, 0.717) is 11.6 Å². The molecule has 2 heterocycles. The Bertz CT molecular complexity index is 691. The van der Waals surface area contributed by atoms with E-state index in [2.05, 4.69) is 25.9 Å². The van der Waals surface area contributed by atoms with E-state index >= 15 is 0 Å². The minimum Gasteiger partial charge on any atom is -0.418 e. The molecule has 4 heteroatoms. The summed E-state index contributed by atoms with van der Waals surface area (Å²) in [6, 6.07) is 9.79. The van der Waals surface area contributed by atoms with Gasteiger partial charge in [0.25, 0.3) is 0 Å². The van der Waals surface area contributed by atoms with Gasteiger partial charge in [-0.2, -0.15) is 0 Å². The van der Waals surface area contributed by atoms with Crippen LogP contribution in [-0.4, -0.2) is 9.97 Å². The molecular formula is C13H9BrN2O. The lowest BCUT2D eigenvalue weighted by Crippen LogP contribution is -1.78. The van der Waals surface area contributed by atoms with Crippen molar-refractivity contribution < 1.29 is 4.42 Å². The molecule has 0 aliphatic carbocycles. The van der Waals surface area contributed by atoms with E-state index in [4.69, 9.17) is 4.42 Å². The molecule has 3 rings (SSSR count).